The van der Waals surface area contributed by atoms with E-state index in [1.807, 2.05) is 0 Å². The summed E-state index contributed by atoms with van der Waals surface area (Å²) in [6.07, 6.45) is -14.6. The number of hydrogen-bond acceptors (Lipinski definition) is 18. The second-order valence-electron chi connectivity index (χ2n) is 12.6. The predicted octanol–water partition coefficient (Wildman–Crippen LogP) is 0.283. The Bertz CT molecular complexity index is 2080. The Morgan fingerprint density at radius 2 is 1.46 bits per heavy atom. The van der Waals surface area contributed by atoms with Gasteiger partial charge in [0.25, 0.3) is 0 Å². The molecule has 18 nitrogen and oxygen atoms in total. The Morgan fingerprint density at radius 3 is 2.17 bits per heavy atom. The molecule has 2 fully saturated rings. The van der Waals surface area contributed by atoms with Crippen LogP contribution in [0.25, 0.3) is 28.4 Å². The highest BCUT2D eigenvalue weighted by atomic mass is 16.7. The summed E-state index contributed by atoms with van der Waals surface area (Å²) in [5.41, 5.74) is -0.977. The maximum atomic E-state index is 13.9. The number of carbonyl (C=O) groups is 1. The van der Waals surface area contributed by atoms with Gasteiger partial charge in [0.2, 0.25) is 17.5 Å². The van der Waals surface area contributed by atoms with Crippen molar-refractivity contribution in [2.75, 3.05) is 6.61 Å². The fraction of sp³-hybridized carbons (Fsp3) is 0.333. The minimum Gasteiger partial charge on any atom is -0.508 e. The zero-order chi connectivity index (χ0) is 39.0. The molecule has 0 amide bonds. The molecule has 3 aromatic carbocycles. The van der Waals surface area contributed by atoms with Gasteiger partial charge in [-0.05, 0) is 48.9 Å². The lowest BCUT2D eigenvalue weighted by Crippen LogP contribution is -2.62. The fourth-order valence-electron chi connectivity index (χ4n) is 5.89. The first-order valence-electron chi connectivity index (χ1n) is 16.3. The molecule has 10 atom stereocenters. The first-order valence-corrected chi connectivity index (χ1v) is 16.3. The summed E-state index contributed by atoms with van der Waals surface area (Å²) >= 11 is 0. The van der Waals surface area contributed by atoms with E-state index in [0.29, 0.717) is 5.56 Å². The zero-order valence-corrected chi connectivity index (χ0v) is 28.1. The van der Waals surface area contributed by atoms with Crippen LogP contribution < -0.4 is 10.2 Å². The second-order valence-corrected chi connectivity index (χ2v) is 12.6. The minimum absolute atomic E-state index is 0.0137. The van der Waals surface area contributed by atoms with Crippen LogP contribution in [0.2, 0.25) is 0 Å². The van der Waals surface area contributed by atoms with E-state index in [-0.39, 0.29) is 16.9 Å². The number of benzene rings is 3. The van der Waals surface area contributed by atoms with Gasteiger partial charge in [-0.15, -0.1) is 0 Å². The SMILES string of the molecule is CC1O[C@@H](OCC2O[C@@H](Oc3c(-c4ccc(O)c(O)c4)oc4cc(O)cc(O)c4c3=O)C(O)C(O)[C@H]2OC(=O)/C=C/c2ccc(O)cc2)C(O)[C@@H](O)[C@H]1O. The number of carbonyl (C=O) groups excluding carboxylic acids is 1. The Labute approximate surface area is 304 Å². The van der Waals surface area contributed by atoms with Crippen LogP contribution in [0, 0.1) is 0 Å². The van der Waals surface area contributed by atoms with Crippen molar-refractivity contribution in [3.05, 3.63) is 76.5 Å². The Hall–Kier alpha value is -5.44. The van der Waals surface area contributed by atoms with Crippen molar-refractivity contribution in [3.63, 3.8) is 0 Å². The summed E-state index contributed by atoms with van der Waals surface area (Å²) in [6.45, 7) is 0.716. The molecular weight excluding hydrogens is 720 g/mol. The third-order valence-corrected chi connectivity index (χ3v) is 8.82. The van der Waals surface area contributed by atoms with Gasteiger partial charge in [0, 0.05) is 23.8 Å². The Morgan fingerprint density at radius 1 is 0.759 bits per heavy atom. The maximum absolute atomic E-state index is 13.9. The topological polar surface area (TPSA) is 296 Å². The lowest BCUT2D eigenvalue weighted by Gasteiger charge is -2.43. The van der Waals surface area contributed by atoms with Gasteiger partial charge in [0.05, 0.1) is 12.7 Å². The van der Waals surface area contributed by atoms with Crippen LogP contribution in [0.3, 0.4) is 0 Å². The monoisotopic (exact) mass is 756 g/mol. The van der Waals surface area contributed by atoms with Gasteiger partial charge in [-0.1, -0.05) is 12.1 Å². The predicted molar refractivity (Wildman–Crippen MR) is 181 cm³/mol. The lowest BCUT2D eigenvalue weighted by molar-refractivity contribution is -0.319. The van der Waals surface area contributed by atoms with Crippen molar-refractivity contribution >= 4 is 23.0 Å². The van der Waals surface area contributed by atoms with E-state index in [2.05, 4.69) is 0 Å². The van der Waals surface area contributed by atoms with Gasteiger partial charge < -0.3 is 79.2 Å². The quantitative estimate of drug-likeness (QED) is 0.0623. The van der Waals surface area contributed by atoms with E-state index in [9.17, 15) is 60.7 Å². The van der Waals surface area contributed by atoms with Crippen LogP contribution in [0.15, 0.2) is 69.9 Å². The van der Waals surface area contributed by atoms with Crippen molar-refractivity contribution in [1.29, 1.82) is 0 Å². The minimum atomic E-state index is -2.08. The number of aliphatic hydroxyl groups excluding tert-OH is 5. The van der Waals surface area contributed by atoms with Crippen molar-refractivity contribution in [1.82, 2.24) is 0 Å². The number of hydrogen-bond donors (Lipinski definition) is 10. The molecule has 2 saturated heterocycles. The Kier molecular flexibility index (Phi) is 11.0. The molecule has 5 unspecified atom stereocenters. The van der Waals surface area contributed by atoms with E-state index in [4.69, 9.17) is 28.1 Å². The molecule has 0 aliphatic carbocycles. The molecule has 6 rings (SSSR count). The third-order valence-electron chi connectivity index (χ3n) is 8.82. The van der Waals surface area contributed by atoms with Crippen LogP contribution >= 0.6 is 0 Å². The number of phenols is 5. The van der Waals surface area contributed by atoms with Crippen LogP contribution in [0.1, 0.15) is 12.5 Å². The second kappa shape index (κ2) is 15.5. The molecular formula is C36H36O18. The third kappa shape index (κ3) is 7.77. The van der Waals surface area contributed by atoms with Gasteiger partial charge in [0.1, 0.15) is 64.8 Å². The molecule has 0 bridgehead atoms. The van der Waals surface area contributed by atoms with Crippen LogP contribution in [0.4, 0.5) is 0 Å². The smallest absolute Gasteiger partial charge is 0.331 e. The van der Waals surface area contributed by atoms with Crippen LogP contribution in [0.5, 0.6) is 34.5 Å². The van der Waals surface area contributed by atoms with E-state index < -0.39 is 119 Å². The first-order chi connectivity index (χ1) is 25.6. The summed E-state index contributed by atoms with van der Waals surface area (Å²) in [6, 6.07) is 10.9. The highest BCUT2D eigenvalue weighted by molar-refractivity contribution is 5.88. The standard InChI is InChI=1S/C36H36O18/c1-14-26(43)28(45)30(47)35(50-14)49-13-23-33(53-24(42)9-4-15-2-6-17(37)7-3-15)29(46)31(48)36(52-23)54-34-27(44)25-21(41)11-18(38)12-22(25)51-32(34)16-5-8-19(39)20(40)10-16/h2-12,14,23,26,28-31,33,35-41,43,45-48H,13H2,1H3/b9-4+/t14?,23?,26-,28-,29?,30?,31?,33-,35+,36-/m0/s1. The van der Waals surface area contributed by atoms with E-state index in [1.165, 1.54) is 43.3 Å². The van der Waals surface area contributed by atoms with Crippen molar-refractivity contribution < 1.29 is 84.0 Å². The number of fused-ring (bicyclic) bond motifs is 1. The molecule has 288 valence electrons. The normalized spacial score (nSPS) is 28.6. The summed E-state index contributed by atoms with van der Waals surface area (Å²) in [4.78, 5) is 26.8. The number of esters is 1. The number of phenolic OH excluding ortho intramolecular Hbond substituents is 5. The van der Waals surface area contributed by atoms with Gasteiger partial charge in [-0.25, -0.2) is 4.79 Å². The summed E-state index contributed by atoms with van der Waals surface area (Å²) in [5.74, 6) is -4.59. The molecule has 0 radical (unpaired) electrons. The largest absolute Gasteiger partial charge is 0.508 e. The molecule has 0 saturated carbocycles. The number of rotatable bonds is 9. The first kappa shape index (κ1) is 38.3. The van der Waals surface area contributed by atoms with E-state index in [0.717, 1.165) is 30.3 Å². The Balaban J connectivity index is 1.34. The molecule has 2 aliphatic heterocycles. The van der Waals surface area contributed by atoms with Crippen LogP contribution in [-0.2, 0) is 23.7 Å². The average Bonchev–Trinajstić information content (AvgIpc) is 3.13. The van der Waals surface area contributed by atoms with Gasteiger partial charge >= 0.3 is 5.97 Å². The van der Waals surface area contributed by atoms with Gasteiger partial charge in [-0.2, -0.15) is 0 Å². The summed E-state index contributed by atoms with van der Waals surface area (Å²) in [5, 5.41) is 103. The molecule has 54 heavy (non-hydrogen) atoms. The zero-order valence-electron chi connectivity index (χ0n) is 28.1. The fourth-order valence-corrected chi connectivity index (χ4v) is 5.89. The van der Waals surface area contributed by atoms with Crippen LogP contribution in [-0.4, -0.2) is 125 Å². The average molecular weight is 757 g/mol. The molecule has 1 aromatic heterocycles. The molecule has 4 aromatic rings. The highest BCUT2D eigenvalue weighted by Gasteiger charge is 2.50. The molecule has 18 heteroatoms. The van der Waals surface area contributed by atoms with Crippen molar-refractivity contribution in [2.45, 2.75) is 68.3 Å². The molecule has 2 aliphatic rings. The van der Waals surface area contributed by atoms with Crippen molar-refractivity contribution in [2.24, 2.45) is 0 Å². The van der Waals surface area contributed by atoms with E-state index >= 15 is 0 Å². The molecule has 10 N–H and O–H groups in total. The van der Waals surface area contributed by atoms with Gasteiger partial charge in [-0.3, -0.25) is 4.79 Å². The molecule has 0 spiro atoms. The highest BCUT2D eigenvalue weighted by Crippen LogP contribution is 2.39. The van der Waals surface area contributed by atoms with Crippen molar-refractivity contribution in [3.8, 4) is 45.8 Å². The van der Waals surface area contributed by atoms with Gasteiger partial charge in [0.15, 0.2) is 29.7 Å². The summed E-state index contributed by atoms with van der Waals surface area (Å²) < 4.78 is 34.1. The number of ether oxygens (including phenoxy) is 5. The van der Waals surface area contributed by atoms with E-state index in [1.54, 1.807) is 0 Å². The lowest BCUT2D eigenvalue weighted by atomic mass is 9.98. The maximum Gasteiger partial charge on any atom is 0.331 e. The molecule has 3 heterocycles. The number of aliphatic hydroxyl groups is 5. The summed E-state index contributed by atoms with van der Waals surface area (Å²) in [7, 11) is 0. The number of aromatic hydroxyl groups is 5.